The van der Waals surface area contributed by atoms with Gasteiger partial charge in [-0.25, -0.2) is 4.98 Å². The topological polar surface area (TPSA) is 84.2 Å². The first-order valence-electron chi connectivity index (χ1n) is 8.18. The van der Waals surface area contributed by atoms with E-state index in [1.807, 2.05) is 21.0 Å². The third-order valence-electron chi connectivity index (χ3n) is 3.76. The van der Waals surface area contributed by atoms with Crippen molar-refractivity contribution < 1.29 is 9.59 Å². The summed E-state index contributed by atoms with van der Waals surface area (Å²) in [6.45, 7) is 3.35. The highest BCUT2D eigenvalue weighted by Crippen LogP contribution is 2.14. The first-order valence-corrected chi connectivity index (χ1v) is 8.18. The van der Waals surface area contributed by atoms with Gasteiger partial charge in [-0.3, -0.25) is 9.59 Å². The van der Waals surface area contributed by atoms with Crippen LogP contribution in [0.4, 0.5) is 5.69 Å². The zero-order valence-corrected chi connectivity index (χ0v) is 15.5. The Morgan fingerprint density at radius 2 is 1.88 bits per heavy atom. The standard InChI is InChI=1S/C17H26N6O2/c1-12-10-23(5)15(19-12)17(25)20-13-9-14(22(4)11-13)16(24)18-7-6-8-21(2)3/h9-11H,6-8H2,1-5H3,(H,18,24)(H,20,25). The summed E-state index contributed by atoms with van der Waals surface area (Å²) in [7, 11) is 7.54. The fourth-order valence-electron chi connectivity index (χ4n) is 2.56. The minimum Gasteiger partial charge on any atom is -0.351 e. The van der Waals surface area contributed by atoms with E-state index in [9.17, 15) is 9.59 Å². The predicted molar refractivity (Wildman–Crippen MR) is 96.8 cm³/mol. The minimum absolute atomic E-state index is 0.158. The molecule has 2 amide bonds. The van der Waals surface area contributed by atoms with Gasteiger partial charge in [-0.1, -0.05) is 0 Å². The van der Waals surface area contributed by atoms with Gasteiger partial charge in [-0.15, -0.1) is 0 Å². The van der Waals surface area contributed by atoms with Gasteiger partial charge in [0.1, 0.15) is 5.69 Å². The molecular formula is C17H26N6O2. The van der Waals surface area contributed by atoms with E-state index in [2.05, 4.69) is 20.5 Å². The van der Waals surface area contributed by atoms with Crippen LogP contribution in [0.2, 0.25) is 0 Å². The third-order valence-corrected chi connectivity index (χ3v) is 3.76. The van der Waals surface area contributed by atoms with Gasteiger partial charge in [-0.05, 0) is 40.1 Å². The van der Waals surface area contributed by atoms with E-state index >= 15 is 0 Å². The van der Waals surface area contributed by atoms with Crippen molar-refractivity contribution in [2.24, 2.45) is 14.1 Å². The number of nitrogens with zero attached hydrogens (tertiary/aromatic N) is 4. The fourth-order valence-corrected chi connectivity index (χ4v) is 2.56. The molecule has 0 aromatic carbocycles. The molecule has 0 saturated heterocycles. The normalized spacial score (nSPS) is 11.0. The Labute approximate surface area is 147 Å². The predicted octanol–water partition coefficient (Wildman–Crippen LogP) is 1.00. The molecule has 0 spiro atoms. The third kappa shape index (κ3) is 4.93. The molecule has 2 rings (SSSR count). The molecule has 0 fully saturated rings. The molecule has 0 radical (unpaired) electrons. The maximum atomic E-state index is 12.3. The molecule has 136 valence electrons. The van der Waals surface area contributed by atoms with Crippen LogP contribution >= 0.6 is 0 Å². The van der Waals surface area contributed by atoms with Gasteiger partial charge in [-0.2, -0.15) is 0 Å². The number of rotatable bonds is 7. The summed E-state index contributed by atoms with van der Waals surface area (Å²) < 4.78 is 3.37. The minimum atomic E-state index is -0.306. The lowest BCUT2D eigenvalue weighted by Crippen LogP contribution is -2.28. The smallest absolute Gasteiger partial charge is 0.291 e. The molecular weight excluding hydrogens is 320 g/mol. The summed E-state index contributed by atoms with van der Waals surface area (Å²) in [5.41, 5.74) is 1.83. The van der Waals surface area contributed by atoms with E-state index in [-0.39, 0.29) is 11.8 Å². The number of amides is 2. The Balaban J connectivity index is 1.98. The van der Waals surface area contributed by atoms with Crippen molar-refractivity contribution in [1.82, 2.24) is 24.3 Å². The van der Waals surface area contributed by atoms with E-state index in [4.69, 9.17) is 0 Å². The number of hydrogen-bond acceptors (Lipinski definition) is 4. The molecule has 8 nitrogen and oxygen atoms in total. The van der Waals surface area contributed by atoms with Gasteiger partial charge in [0.05, 0.1) is 11.4 Å². The summed E-state index contributed by atoms with van der Waals surface area (Å²) in [6, 6.07) is 1.66. The average molecular weight is 346 g/mol. The molecule has 0 bridgehead atoms. The molecule has 0 aliphatic rings. The number of nitrogens with one attached hydrogen (secondary N) is 2. The molecule has 25 heavy (non-hydrogen) atoms. The van der Waals surface area contributed by atoms with Gasteiger partial charge in [0.15, 0.2) is 5.82 Å². The number of carbonyl (C=O) groups is 2. The van der Waals surface area contributed by atoms with Crippen molar-refractivity contribution in [1.29, 1.82) is 0 Å². The molecule has 0 aliphatic carbocycles. The van der Waals surface area contributed by atoms with Crippen LogP contribution in [0.3, 0.4) is 0 Å². The summed E-state index contributed by atoms with van der Waals surface area (Å²) in [5.74, 6) is -0.134. The fraction of sp³-hybridized carbons (Fsp3) is 0.471. The second kappa shape index (κ2) is 7.98. The number of hydrogen-bond donors (Lipinski definition) is 2. The Morgan fingerprint density at radius 1 is 1.16 bits per heavy atom. The highest BCUT2D eigenvalue weighted by Gasteiger charge is 2.16. The van der Waals surface area contributed by atoms with Crippen LogP contribution in [-0.2, 0) is 14.1 Å². The quantitative estimate of drug-likeness (QED) is 0.733. The number of aryl methyl sites for hydroxylation is 3. The van der Waals surface area contributed by atoms with Gasteiger partial charge in [0.25, 0.3) is 11.8 Å². The van der Waals surface area contributed by atoms with Crippen LogP contribution in [0, 0.1) is 6.92 Å². The van der Waals surface area contributed by atoms with E-state index in [1.165, 1.54) is 0 Å². The number of carbonyl (C=O) groups excluding carboxylic acids is 2. The van der Waals surface area contributed by atoms with Crippen molar-refractivity contribution >= 4 is 17.5 Å². The molecule has 0 aliphatic heterocycles. The molecule has 0 saturated carbocycles. The Bertz CT molecular complexity index is 759. The van der Waals surface area contributed by atoms with E-state index in [1.54, 1.807) is 41.7 Å². The molecule has 2 aromatic heterocycles. The second-order valence-corrected chi connectivity index (χ2v) is 6.41. The highest BCUT2D eigenvalue weighted by atomic mass is 16.2. The molecule has 2 heterocycles. The van der Waals surface area contributed by atoms with Crippen LogP contribution in [0.15, 0.2) is 18.5 Å². The average Bonchev–Trinajstić information content (AvgIpc) is 3.05. The van der Waals surface area contributed by atoms with E-state index < -0.39 is 0 Å². The Kier molecular flexibility index (Phi) is 5.97. The van der Waals surface area contributed by atoms with Gasteiger partial charge >= 0.3 is 0 Å². The molecule has 2 aromatic rings. The van der Waals surface area contributed by atoms with E-state index in [0.717, 1.165) is 18.7 Å². The second-order valence-electron chi connectivity index (χ2n) is 6.41. The highest BCUT2D eigenvalue weighted by molar-refractivity contribution is 6.03. The Morgan fingerprint density at radius 3 is 2.48 bits per heavy atom. The maximum absolute atomic E-state index is 12.3. The van der Waals surface area contributed by atoms with E-state index in [0.29, 0.717) is 23.8 Å². The number of aromatic nitrogens is 3. The van der Waals surface area contributed by atoms with Crippen molar-refractivity contribution in [2.45, 2.75) is 13.3 Å². The number of anilines is 1. The summed E-state index contributed by atoms with van der Waals surface area (Å²) in [6.07, 6.45) is 4.38. The zero-order valence-electron chi connectivity index (χ0n) is 15.5. The Hall–Kier alpha value is -2.61. The monoisotopic (exact) mass is 346 g/mol. The largest absolute Gasteiger partial charge is 0.351 e. The van der Waals surface area contributed by atoms with Gasteiger partial charge in [0.2, 0.25) is 0 Å². The van der Waals surface area contributed by atoms with Crippen LogP contribution in [0.1, 0.15) is 33.2 Å². The van der Waals surface area contributed by atoms with Crippen molar-refractivity contribution in [3.63, 3.8) is 0 Å². The molecule has 2 N–H and O–H groups in total. The number of imidazole rings is 1. The first-order chi connectivity index (χ1) is 11.8. The first kappa shape index (κ1) is 18.7. The van der Waals surface area contributed by atoms with Gasteiger partial charge < -0.3 is 24.7 Å². The maximum Gasteiger partial charge on any atom is 0.291 e. The van der Waals surface area contributed by atoms with Crippen LogP contribution in [-0.4, -0.2) is 58.0 Å². The summed E-state index contributed by atoms with van der Waals surface area (Å²) in [4.78, 5) is 30.8. The lowest BCUT2D eigenvalue weighted by atomic mass is 10.3. The summed E-state index contributed by atoms with van der Waals surface area (Å²) in [5, 5.41) is 5.67. The molecule has 0 atom stereocenters. The van der Waals surface area contributed by atoms with Crippen molar-refractivity contribution in [3.05, 3.63) is 35.7 Å². The van der Waals surface area contributed by atoms with Crippen LogP contribution < -0.4 is 10.6 Å². The van der Waals surface area contributed by atoms with Crippen molar-refractivity contribution in [3.8, 4) is 0 Å². The zero-order chi connectivity index (χ0) is 18.6. The lowest BCUT2D eigenvalue weighted by Gasteiger charge is -2.10. The van der Waals surface area contributed by atoms with Crippen LogP contribution in [0.25, 0.3) is 0 Å². The molecule has 0 unspecified atom stereocenters. The SMILES string of the molecule is Cc1cn(C)c(C(=O)Nc2cc(C(=O)NCCCN(C)C)n(C)c2)n1. The summed E-state index contributed by atoms with van der Waals surface area (Å²) >= 11 is 0. The molecule has 8 heteroatoms. The van der Waals surface area contributed by atoms with Crippen molar-refractivity contribution in [2.75, 3.05) is 32.5 Å². The van der Waals surface area contributed by atoms with Crippen LogP contribution in [0.5, 0.6) is 0 Å². The lowest BCUT2D eigenvalue weighted by molar-refractivity contribution is 0.0943. The van der Waals surface area contributed by atoms with Gasteiger partial charge in [0, 0.05) is 33.0 Å².